The van der Waals surface area contributed by atoms with Crippen molar-refractivity contribution in [3.63, 3.8) is 0 Å². The van der Waals surface area contributed by atoms with Gasteiger partial charge in [0.15, 0.2) is 0 Å². The molecular formula is C21H17ClF3N5O. The Bertz CT molecular complexity index is 1150. The molecule has 0 saturated carbocycles. The Morgan fingerprint density at radius 3 is 2.65 bits per heavy atom. The van der Waals surface area contributed by atoms with Crippen molar-refractivity contribution in [2.24, 2.45) is 5.73 Å². The molecule has 160 valence electrons. The number of benzene rings is 1. The van der Waals surface area contributed by atoms with Gasteiger partial charge >= 0.3 is 6.18 Å². The number of halogens is 4. The molecule has 4 rings (SSSR count). The Balaban J connectivity index is 1.66. The maximum atomic E-state index is 12.9. The number of nitrogens with two attached hydrogens (primary N) is 1. The van der Waals surface area contributed by atoms with E-state index in [1.807, 2.05) is 23.1 Å². The van der Waals surface area contributed by atoms with Crippen LogP contribution in [0.5, 0.6) is 0 Å². The maximum Gasteiger partial charge on any atom is 0.451 e. The fraction of sp³-hybridized carbons (Fsp3) is 0.238. The van der Waals surface area contributed by atoms with Gasteiger partial charge in [-0.05, 0) is 35.7 Å². The first kappa shape index (κ1) is 21.2. The number of carbonyl (C=O) groups excluding carboxylic acids is 1. The smallest absolute Gasteiger partial charge is 0.364 e. The summed E-state index contributed by atoms with van der Waals surface area (Å²) in [5.74, 6) is -1.84. The molecule has 0 bridgehead atoms. The summed E-state index contributed by atoms with van der Waals surface area (Å²) in [6, 6.07) is 10.4. The van der Waals surface area contributed by atoms with Gasteiger partial charge in [0.25, 0.3) is 5.91 Å². The fourth-order valence-electron chi connectivity index (χ4n) is 3.63. The number of carbonyl (C=O) groups is 1. The number of amides is 1. The molecule has 31 heavy (non-hydrogen) atoms. The van der Waals surface area contributed by atoms with Gasteiger partial charge in [-0.15, -0.1) is 0 Å². The van der Waals surface area contributed by atoms with Crippen molar-refractivity contribution in [3.8, 4) is 11.1 Å². The number of nitrogens with zero attached hydrogens (tertiary/aromatic N) is 4. The normalized spacial score (nSPS) is 14.3. The quantitative estimate of drug-likeness (QED) is 0.656. The summed E-state index contributed by atoms with van der Waals surface area (Å²) in [4.78, 5) is 25.1. The number of rotatable bonds is 4. The highest BCUT2D eigenvalue weighted by Gasteiger charge is 2.34. The zero-order valence-electron chi connectivity index (χ0n) is 16.2. The molecule has 1 aliphatic rings. The largest absolute Gasteiger partial charge is 0.451 e. The van der Waals surface area contributed by atoms with Crippen LogP contribution in [0.2, 0.25) is 5.02 Å². The van der Waals surface area contributed by atoms with E-state index in [0.29, 0.717) is 30.2 Å². The molecule has 3 heterocycles. The number of primary amides is 1. The summed E-state index contributed by atoms with van der Waals surface area (Å²) in [5, 5.41) is 0.536. The molecule has 2 aromatic heterocycles. The van der Waals surface area contributed by atoms with E-state index in [1.54, 1.807) is 12.1 Å². The standard InChI is InChI=1S/C21H17ClF3N5O/c22-16-4-2-1-3-13(16)15-9-17(19(26)31)29-18-11-30(8-6-14(15)18)10-12-5-7-27-20(28-12)21(23,24)25/h1-5,7,9H,6,8,10-11H2,(H2,26,31). The first-order valence-corrected chi connectivity index (χ1v) is 9.79. The molecule has 1 aromatic carbocycles. The molecule has 0 fully saturated rings. The van der Waals surface area contributed by atoms with Crippen LogP contribution in [0.15, 0.2) is 42.6 Å². The van der Waals surface area contributed by atoms with Crippen LogP contribution in [0.25, 0.3) is 11.1 Å². The third kappa shape index (κ3) is 4.52. The Labute approximate surface area is 180 Å². The van der Waals surface area contributed by atoms with E-state index in [9.17, 15) is 18.0 Å². The first-order chi connectivity index (χ1) is 14.7. The van der Waals surface area contributed by atoms with Gasteiger partial charge in [0.1, 0.15) is 5.69 Å². The van der Waals surface area contributed by atoms with E-state index < -0.39 is 17.9 Å². The molecule has 0 atom stereocenters. The minimum absolute atomic E-state index is 0.108. The van der Waals surface area contributed by atoms with E-state index in [1.165, 1.54) is 6.07 Å². The van der Waals surface area contributed by atoms with Gasteiger partial charge < -0.3 is 5.73 Å². The summed E-state index contributed by atoms with van der Waals surface area (Å²) in [6.07, 6.45) is -2.92. The number of pyridine rings is 1. The second kappa shape index (κ2) is 8.24. The molecule has 0 spiro atoms. The van der Waals surface area contributed by atoms with Crippen LogP contribution in [-0.2, 0) is 25.7 Å². The molecular weight excluding hydrogens is 431 g/mol. The molecule has 0 radical (unpaired) electrons. The zero-order chi connectivity index (χ0) is 22.2. The number of fused-ring (bicyclic) bond motifs is 1. The van der Waals surface area contributed by atoms with Crippen molar-refractivity contribution in [1.82, 2.24) is 19.9 Å². The van der Waals surface area contributed by atoms with Crippen molar-refractivity contribution < 1.29 is 18.0 Å². The Morgan fingerprint density at radius 1 is 1.16 bits per heavy atom. The van der Waals surface area contributed by atoms with Crippen molar-refractivity contribution in [2.75, 3.05) is 6.54 Å². The van der Waals surface area contributed by atoms with Crippen LogP contribution < -0.4 is 5.73 Å². The lowest BCUT2D eigenvalue weighted by molar-refractivity contribution is -0.145. The van der Waals surface area contributed by atoms with Crippen molar-refractivity contribution in [3.05, 3.63) is 76.1 Å². The Kier molecular flexibility index (Phi) is 5.63. The topological polar surface area (TPSA) is 85.0 Å². The lowest BCUT2D eigenvalue weighted by Crippen LogP contribution is -2.32. The molecule has 3 aromatic rings. The summed E-state index contributed by atoms with van der Waals surface area (Å²) >= 11 is 6.37. The summed E-state index contributed by atoms with van der Waals surface area (Å²) in [7, 11) is 0. The van der Waals surface area contributed by atoms with Gasteiger partial charge in [0.05, 0.1) is 11.4 Å². The Hall–Kier alpha value is -3.04. The van der Waals surface area contributed by atoms with Crippen molar-refractivity contribution >= 4 is 17.5 Å². The van der Waals surface area contributed by atoms with Gasteiger partial charge in [0.2, 0.25) is 5.82 Å². The highest BCUT2D eigenvalue weighted by Crippen LogP contribution is 2.34. The monoisotopic (exact) mass is 447 g/mol. The molecule has 1 amide bonds. The molecule has 0 saturated heterocycles. The van der Waals surface area contributed by atoms with Gasteiger partial charge in [0, 0.05) is 36.4 Å². The molecule has 2 N–H and O–H groups in total. The van der Waals surface area contributed by atoms with E-state index in [0.717, 1.165) is 22.9 Å². The number of aromatic nitrogens is 3. The molecule has 10 heteroatoms. The van der Waals surface area contributed by atoms with Crippen LogP contribution in [0.1, 0.15) is 33.3 Å². The lowest BCUT2D eigenvalue weighted by atomic mass is 9.93. The van der Waals surface area contributed by atoms with Gasteiger partial charge in [-0.1, -0.05) is 29.8 Å². The van der Waals surface area contributed by atoms with Crippen molar-refractivity contribution in [2.45, 2.75) is 25.7 Å². The van der Waals surface area contributed by atoms with Crippen LogP contribution in [0.3, 0.4) is 0 Å². The fourth-order valence-corrected chi connectivity index (χ4v) is 3.86. The SMILES string of the molecule is NC(=O)c1cc(-c2ccccc2Cl)c2c(n1)CN(Cc1ccnc(C(F)(F)F)n1)CC2. The predicted molar refractivity (Wildman–Crippen MR) is 108 cm³/mol. The third-order valence-electron chi connectivity index (χ3n) is 5.03. The van der Waals surface area contributed by atoms with Crippen LogP contribution >= 0.6 is 11.6 Å². The van der Waals surface area contributed by atoms with Gasteiger partial charge in [-0.2, -0.15) is 13.2 Å². The minimum Gasteiger partial charge on any atom is -0.364 e. The lowest BCUT2D eigenvalue weighted by Gasteiger charge is -2.29. The summed E-state index contributed by atoms with van der Waals surface area (Å²) in [6.45, 7) is 1.10. The molecule has 1 aliphatic heterocycles. The van der Waals surface area contributed by atoms with E-state index in [2.05, 4.69) is 15.0 Å². The van der Waals surface area contributed by atoms with E-state index >= 15 is 0 Å². The highest BCUT2D eigenvalue weighted by atomic mass is 35.5. The summed E-state index contributed by atoms with van der Waals surface area (Å²) < 4.78 is 38.7. The van der Waals surface area contributed by atoms with Crippen molar-refractivity contribution in [1.29, 1.82) is 0 Å². The van der Waals surface area contributed by atoms with Crippen LogP contribution in [-0.4, -0.2) is 32.3 Å². The third-order valence-corrected chi connectivity index (χ3v) is 5.36. The van der Waals surface area contributed by atoms with Gasteiger partial charge in [-0.25, -0.2) is 15.0 Å². The van der Waals surface area contributed by atoms with E-state index in [4.69, 9.17) is 17.3 Å². The number of hydrogen-bond acceptors (Lipinski definition) is 5. The van der Waals surface area contributed by atoms with E-state index in [-0.39, 0.29) is 17.9 Å². The Morgan fingerprint density at radius 2 is 1.94 bits per heavy atom. The number of alkyl halides is 3. The highest BCUT2D eigenvalue weighted by molar-refractivity contribution is 6.33. The van der Waals surface area contributed by atoms with Gasteiger partial charge in [-0.3, -0.25) is 9.69 Å². The second-order valence-corrected chi connectivity index (χ2v) is 7.56. The maximum absolute atomic E-state index is 12.9. The predicted octanol–water partition coefficient (Wildman–Crippen LogP) is 3.87. The van der Waals surface area contributed by atoms with Crippen LogP contribution in [0, 0.1) is 0 Å². The molecule has 0 aliphatic carbocycles. The average molecular weight is 448 g/mol. The molecule has 6 nitrogen and oxygen atoms in total. The minimum atomic E-state index is -4.60. The summed E-state index contributed by atoms with van der Waals surface area (Å²) in [5.41, 5.74) is 8.97. The molecule has 0 unspecified atom stereocenters. The number of hydrogen-bond donors (Lipinski definition) is 1. The zero-order valence-corrected chi connectivity index (χ0v) is 16.9. The second-order valence-electron chi connectivity index (χ2n) is 7.15. The average Bonchev–Trinajstić information content (AvgIpc) is 2.73. The van der Waals surface area contributed by atoms with Crippen LogP contribution in [0.4, 0.5) is 13.2 Å². The first-order valence-electron chi connectivity index (χ1n) is 9.41.